The molecule has 0 spiro atoms. The number of aryl methyl sites for hydroxylation is 1. The number of nitrogens with one attached hydrogen (secondary N) is 2. The highest BCUT2D eigenvalue weighted by Crippen LogP contribution is 2.18. The number of hydrogen-bond acceptors (Lipinski definition) is 4. The Balaban J connectivity index is 2.10. The lowest BCUT2D eigenvalue weighted by Gasteiger charge is -2.11. The minimum absolute atomic E-state index is 0.0362. The number of nitro groups is 1. The summed E-state index contributed by atoms with van der Waals surface area (Å²) in [5.41, 5.74) is 0.997. The van der Waals surface area contributed by atoms with E-state index in [0.717, 1.165) is 19.5 Å². The van der Waals surface area contributed by atoms with Crippen molar-refractivity contribution in [2.24, 2.45) is 0 Å². The van der Waals surface area contributed by atoms with Crippen LogP contribution >= 0.6 is 0 Å². The first-order valence-electron chi connectivity index (χ1n) is 5.84. The predicted octanol–water partition coefficient (Wildman–Crippen LogP) is 0.995. The van der Waals surface area contributed by atoms with Crippen molar-refractivity contribution < 1.29 is 9.72 Å². The van der Waals surface area contributed by atoms with Crippen molar-refractivity contribution in [1.82, 2.24) is 10.6 Å². The molecule has 6 heteroatoms. The van der Waals surface area contributed by atoms with E-state index in [1.54, 1.807) is 13.0 Å². The van der Waals surface area contributed by atoms with Crippen molar-refractivity contribution >= 4 is 11.6 Å². The van der Waals surface area contributed by atoms with Crippen LogP contribution in [-0.2, 0) is 0 Å². The molecule has 1 aliphatic rings. The first-order valence-corrected chi connectivity index (χ1v) is 5.84. The van der Waals surface area contributed by atoms with Gasteiger partial charge in [0.05, 0.1) is 4.92 Å². The third-order valence-electron chi connectivity index (χ3n) is 3.05. The Morgan fingerprint density at radius 2 is 2.33 bits per heavy atom. The summed E-state index contributed by atoms with van der Waals surface area (Å²) in [5.74, 6) is -0.179. The summed E-state index contributed by atoms with van der Waals surface area (Å²) in [6, 6.07) is 4.56. The average molecular weight is 249 g/mol. The summed E-state index contributed by atoms with van der Waals surface area (Å²) in [5, 5.41) is 16.7. The van der Waals surface area contributed by atoms with Crippen LogP contribution in [0.25, 0.3) is 0 Å². The number of amides is 1. The normalized spacial score (nSPS) is 18.6. The van der Waals surface area contributed by atoms with Gasteiger partial charge in [-0.2, -0.15) is 0 Å². The van der Waals surface area contributed by atoms with Gasteiger partial charge in [-0.05, 0) is 32.0 Å². The maximum Gasteiger partial charge on any atom is 0.272 e. The van der Waals surface area contributed by atoms with Gasteiger partial charge in [-0.25, -0.2) is 0 Å². The Kier molecular flexibility index (Phi) is 3.57. The van der Waals surface area contributed by atoms with Crippen molar-refractivity contribution in [1.29, 1.82) is 0 Å². The topological polar surface area (TPSA) is 84.3 Å². The highest BCUT2D eigenvalue weighted by molar-refractivity contribution is 5.94. The molecule has 0 unspecified atom stereocenters. The maximum absolute atomic E-state index is 11.9. The molecule has 1 fully saturated rings. The van der Waals surface area contributed by atoms with E-state index in [1.165, 1.54) is 12.1 Å². The second-order valence-electron chi connectivity index (χ2n) is 4.42. The molecule has 0 aliphatic carbocycles. The fourth-order valence-corrected chi connectivity index (χ4v) is 2.05. The van der Waals surface area contributed by atoms with E-state index in [2.05, 4.69) is 10.6 Å². The molecule has 0 bridgehead atoms. The highest BCUT2D eigenvalue weighted by atomic mass is 16.6. The molecule has 6 nitrogen and oxygen atoms in total. The summed E-state index contributed by atoms with van der Waals surface area (Å²) in [6.45, 7) is 3.31. The van der Waals surface area contributed by atoms with Crippen LogP contribution < -0.4 is 10.6 Å². The van der Waals surface area contributed by atoms with Crippen LogP contribution in [0, 0.1) is 17.0 Å². The molecular formula is C12H15N3O3. The Morgan fingerprint density at radius 3 is 2.89 bits per heavy atom. The summed E-state index contributed by atoms with van der Waals surface area (Å²) >= 11 is 0. The van der Waals surface area contributed by atoms with Gasteiger partial charge < -0.3 is 10.6 Å². The number of nitrogens with zero attached hydrogens (tertiary/aromatic N) is 1. The van der Waals surface area contributed by atoms with Crippen molar-refractivity contribution in [3.8, 4) is 0 Å². The summed E-state index contributed by atoms with van der Waals surface area (Å²) in [4.78, 5) is 22.2. The molecular weight excluding hydrogens is 234 g/mol. The lowest BCUT2D eigenvalue weighted by Crippen LogP contribution is -2.36. The molecule has 1 atom stereocenters. The van der Waals surface area contributed by atoms with Gasteiger partial charge in [0.2, 0.25) is 0 Å². The van der Waals surface area contributed by atoms with Crippen LogP contribution in [-0.4, -0.2) is 30.0 Å². The van der Waals surface area contributed by atoms with Crippen molar-refractivity contribution in [2.45, 2.75) is 19.4 Å². The van der Waals surface area contributed by atoms with Gasteiger partial charge in [-0.15, -0.1) is 0 Å². The minimum Gasteiger partial charge on any atom is -0.348 e. The van der Waals surface area contributed by atoms with Crippen LogP contribution in [0.2, 0.25) is 0 Å². The van der Waals surface area contributed by atoms with Gasteiger partial charge in [-0.1, -0.05) is 0 Å². The van der Waals surface area contributed by atoms with Crippen LogP contribution in [0.15, 0.2) is 18.2 Å². The predicted molar refractivity (Wildman–Crippen MR) is 66.6 cm³/mol. The number of rotatable bonds is 3. The summed E-state index contributed by atoms with van der Waals surface area (Å²) in [6.07, 6.45) is 0.914. The molecule has 0 aromatic heterocycles. The van der Waals surface area contributed by atoms with E-state index >= 15 is 0 Å². The molecule has 96 valence electrons. The molecule has 2 N–H and O–H groups in total. The highest BCUT2D eigenvalue weighted by Gasteiger charge is 2.19. The fourth-order valence-electron chi connectivity index (χ4n) is 2.05. The molecule has 1 aromatic rings. The van der Waals surface area contributed by atoms with Gasteiger partial charge >= 0.3 is 0 Å². The Hall–Kier alpha value is -1.95. The number of carbonyl (C=O) groups excluding carboxylic acids is 1. The van der Waals surface area contributed by atoms with Crippen molar-refractivity contribution in [3.63, 3.8) is 0 Å². The number of nitro benzene ring substituents is 1. The van der Waals surface area contributed by atoms with Gasteiger partial charge in [0.15, 0.2) is 0 Å². The molecule has 0 radical (unpaired) electrons. The Labute approximate surface area is 105 Å². The van der Waals surface area contributed by atoms with Gasteiger partial charge in [-0.3, -0.25) is 14.9 Å². The minimum atomic E-state index is -0.447. The lowest BCUT2D eigenvalue weighted by atomic mass is 10.1. The first kappa shape index (κ1) is 12.5. The Morgan fingerprint density at radius 1 is 1.56 bits per heavy atom. The van der Waals surface area contributed by atoms with Crippen LogP contribution in [0.1, 0.15) is 22.3 Å². The molecule has 0 saturated carbocycles. The molecule has 1 aliphatic heterocycles. The van der Waals surface area contributed by atoms with Gasteiger partial charge in [0.1, 0.15) is 0 Å². The summed E-state index contributed by atoms with van der Waals surface area (Å²) in [7, 11) is 0. The van der Waals surface area contributed by atoms with Crippen molar-refractivity contribution in [3.05, 3.63) is 39.4 Å². The van der Waals surface area contributed by atoms with E-state index < -0.39 is 4.92 Å². The molecule has 1 saturated heterocycles. The van der Waals surface area contributed by atoms with E-state index in [4.69, 9.17) is 0 Å². The molecule has 1 heterocycles. The standard InChI is InChI=1S/C12H15N3O3/c1-8-6-9(2-3-11(8)15(17)18)12(16)14-10-4-5-13-7-10/h2-3,6,10,13H,4-5,7H2,1H3,(H,14,16)/t10-/m1/s1. The van der Waals surface area contributed by atoms with E-state index in [0.29, 0.717) is 11.1 Å². The maximum atomic E-state index is 11.9. The molecule has 2 rings (SSSR count). The van der Waals surface area contributed by atoms with E-state index in [9.17, 15) is 14.9 Å². The fraction of sp³-hybridized carbons (Fsp3) is 0.417. The SMILES string of the molecule is Cc1cc(C(=O)N[C@@H]2CCNC2)ccc1[N+](=O)[O-]. The number of hydrogen-bond donors (Lipinski definition) is 2. The zero-order chi connectivity index (χ0) is 13.1. The monoisotopic (exact) mass is 249 g/mol. The summed E-state index contributed by atoms with van der Waals surface area (Å²) < 4.78 is 0. The lowest BCUT2D eigenvalue weighted by molar-refractivity contribution is -0.385. The third-order valence-corrected chi connectivity index (χ3v) is 3.05. The van der Waals surface area contributed by atoms with Gasteiger partial charge in [0, 0.05) is 29.8 Å². The average Bonchev–Trinajstić information content (AvgIpc) is 2.81. The smallest absolute Gasteiger partial charge is 0.272 e. The quantitative estimate of drug-likeness (QED) is 0.618. The van der Waals surface area contributed by atoms with E-state index in [-0.39, 0.29) is 17.6 Å². The van der Waals surface area contributed by atoms with E-state index in [1.807, 2.05) is 0 Å². The van der Waals surface area contributed by atoms with Crippen molar-refractivity contribution in [2.75, 3.05) is 13.1 Å². The number of benzene rings is 1. The third kappa shape index (κ3) is 2.65. The largest absolute Gasteiger partial charge is 0.348 e. The molecule has 18 heavy (non-hydrogen) atoms. The Bertz CT molecular complexity index is 481. The number of carbonyl (C=O) groups is 1. The second-order valence-corrected chi connectivity index (χ2v) is 4.42. The van der Waals surface area contributed by atoms with Gasteiger partial charge in [0.25, 0.3) is 11.6 Å². The molecule has 1 aromatic carbocycles. The zero-order valence-corrected chi connectivity index (χ0v) is 10.1. The van der Waals surface area contributed by atoms with Crippen LogP contribution in [0.5, 0.6) is 0 Å². The van der Waals surface area contributed by atoms with Crippen LogP contribution in [0.4, 0.5) is 5.69 Å². The second kappa shape index (κ2) is 5.14. The van der Waals surface area contributed by atoms with Crippen LogP contribution in [0.3, 0.4) is 0 Å². The molecule has 1 amide bonds. The zero-order valence-electron chi connectivity index (χ0n) is 10.1. The first-order chi connectivity index (χ1) is 8.58.